The van der Waals surface area contributed by atoms with Crippen LogP contribution in [0, 0.1) is 0 Å². The van der Waals surface area contributed by atoms with Crippen molar-refractivity contribution in [1.29, 1.82) is 0 Å². The van der Waals surface area contributed by atoms with E-state index in [0.29, 0.717) is 17.2 Å². The summed E-state index contributed by atoms with van der Waals surface area (Å²) in [7, 11) is 0. The van der Waals surface area contributed by atoms with Crippen molar-refractivity contribution in [3.63, 3.8) is 0 Å². The quantitative estimate of drug-likeness (QED) is 0.756. The predicted octanol–water partition coefficient (Wildman–Crippen LogP) is 3.83. The van der Waals surface area contributed by atoms with Crippen LogP contribution in [0.3, 0.4) is 0 Å². The molecule has 1 saturated heterocycles. The largest absolute Gasteiger partial charge is 0.573 e. The zero-order chi connectivity index (χ0) is 21.0. The number of nitrogens with one attached hydrogen (secondary N) is 1. The first-order valence-corrected chi connectivity index (χ1v) is 10.0. The average molecular weight is 429 g/mol. The zero-order valence-corrected chi connectivity index (χ0v) is 16.8. The van der Waals surface area contributed by atoms with Gasteiger partial charge in [-0.25, -0.2) is 4.98 Å². The number of benzene rings is 1. The fraction of sp³-hybridized carbons (Fsp3) is 0.474. The maximum atomic E-state index is 12.2. The smallest absolute Gasteiger partial charge is 0.406 e. The van der Waals surface area contributed by atoms with E-state index in [-0.39, 0.29) is 30.3 Å². The van der Waals surface area contributed by atoms with Crippen LogP contribution in [0.2, 0.25) is 0 Å². The molecule has 1 aliphatic rings. The molecule has 1 aliphatic heterocycles. The lowest BCUT2D eigenvalue weighted by molar-refractivity contribution is -0.274. The molecule has 29 heavy (non-hydrogen) atoms. The molecule has 2 unspecified atom stereocenters. The van der Waals surface area contributed by atoms with E-state index in [2.05, 4.69) is 19.9 Å². The standard InChI is InChI=1S/C19H22F3N3O3S/c1-12-8-25(9-13(2)27-12)10-15-11-29-18(23-15)24-17(26)7-14-3-5-16(6-4-14)28-19(20,21)22/h3-6,11-13H,7-10H2,1-2H3,(H,23,24,26). The zero-order valence-electron chi connectivity index (χ0n) is 16.0. The van der Waals surface area contributed by atoms with Crippen LogP contribution >= 0.6 is 11.3 Å². The maximum absolute atomic E-state index is 12.2. The Morgan fingerprint density at radius 1 is 1.28 bits per heavy atom. The van der Waals surface area contributed by atoms with E-state index in [1.807, 2.05) is 19.2 Å². The minimum atomic E-state index is -4.74. The Bertz CT molecular complexity index is 816. The van der Waals surface area contributed by atoms with E-state index in [1.165, 1.54) is 35.6 Å². The van der Waals surface area contributed by atoms with Crippen molar-refractivity contribution in [3.8, 4) is 5.75 Å². The van der Waals surface area contributed by atoms with Gasteiger partial charge >= 0.3 is 6.36 Å². The molecule has 3 rings (SSSR count). The number of anilines is 1. The molecule has 0 spiro atoms. The molecule has 6 nitrogen and oxygen atoms in total. The molecule has 1 aromatic carbocycles. The lowest BCUT2D eigenvalue weighted by atomic mass is 10.1. The summed E-state index contributed by atoms with van der Waals surface area (Å²) < 4.78 is 46.1. The molecule has 0 radical (unpaired) electrons. The number of thiazole rings is 1. The predicted molar refractivity (Wildman–Crippen MR) is 103 cm³/mol. The van der Waals surface area contributed by atoms with Gasteiger partial charge in [-0.15, -0.1) is 24.5 Å². The van der Waals surface area contributed by atoms with Crippen LogP contribution in [-0.4, -0.2) is 47.5 Å². The Morgan fingerprint density at radius 3 is 2.55 bits per heavy atom. The maximum Gasteiger partial charge on any atom is 0.573 e. The Hall–Kier alpha value is -2.17. The number of rotatable bonds is 6. The van der Waals surface area contributed by atoms with Gasteiger partial charge in [-0.2, -0.15) is 0 Å². The van der Waals surface area contributed by atoms with Gasteiger partial charge in [0.15, 0.2) is 5.13 Å². The summed E-state index contributed by atoms with van der Waals surface area (Å²) in [4.78, 5) is 18.9. The van der Waals surface area contributed by atoms with Crippen molar-refractivity contribution in [1.82, 2.24) is 9.88 Å². The molecular formula is C19H22F3N3O3S. The minimum absolute atomic E-state index is 0.0275. The van der Waals surface area contributed by atoms with Gasteiger partial charge < -0.3 is 14.8 Å². The fourth-order valence-electron chi connectivity index (χ4n) is 3.24. The van der Waals surface area contributed by atoms with Crippen LogP contribution in [0.1, 0.15) is 25.1 Å². The number of hydrogen-bond acceptors (Lipinski definition) is 6. The van der Waals surface area contributed by atoms with Crippen molar-refractivity contribution < 1.29 is 27.4 Å². The first-order valence-electron chi connectivity index (χ1n) is 9.13. The Morgan fingerprint density at radius 2 is 1.93 bits per heavy atom. The van der Waals surface area contributed by atoms with E-state index in [9.17, 15) is 18.0 Å². The van der Waals surface area contributed by atoms with E-state index in [0.717, 1.165) is 18.8 Å². The molecule has 0 bridgehead atoms. The molecule has 0 saturated carbocycles. The molecule has 1 amide bonds. The molecule has 2 heterocycles. The number of amides is 1. The SMILES string of the molecule is CC1CN(Cc2csc(NC(=O)Cc3ccc(OC(F)(F)F)cc3)n2)CC(C)O1. The Kier molecular flexibility index (Phi) is 6.76. The van der Waals surface area contributed by atoms with Gasteiger partial charge in [0.2, 0.25) is 5.91 Å². The van der Waals surface area contributed by atoms with E-state index >= 15 is 0 Å². The van der Waals surface area contributed by atoms with Crippen molar-refractivity contribution in [3.05, 3.63) is 40.9 Å². The number of carbonyl (C=O) groups excluding carboxylic acids is 1. The second-order valence-electron chi connectivity index (χ2n) is 7.01. The minimum Gasteiger partial charge on any atom is -0.406 e. The second kappa shape index (κ2) is 9.10. The van der Waals surface area contributed by atoms with Crippen LogP contribution in [0.5, 0.6) is 5.75 Å². The van der Waals surface area contributed by atoms with Gasteiger partial charge in [-0.3, -0.25) is 9.69 Å². The van der Waals surface area contributed by atoms with E-state index in [4.69, 9.17) is 4.74 Å². The summed E-state index contributed by atoms with van der Waals surface area (Å²) in [5, 5.41) is 5.14. The van der Waals surface area contributed by atoms with E-state index in [1.54, 1.807) is 0 Å². The second-order valence-corrected chi connectivity index (χ2v) is 7.87. The van der Waals surface area contributed by atoms with E-state index < -0.39 is 6.36 Å². The normalized spacial score (nSPS) is 20.4. The van der Waals surface area contributed by atoms with Gasteiger partial charge in [0.05, 0.1) is 24.3 Å². The average Bonchev–Trinajstić information content (AvgIpc) is 3.01. The number of carbonyl (C=O) groups is 1. The number of alkyl halides is 3. The highest BCUT2D eigenvalue weighted by atomic mass is 32.1. The molecule has 1 N–H and O–H groups in total. The Balaban J connectivity index is 1.50. The summed E-state index contributed by atoms with van der Waals surface area (Å²) in [6, 6.07) is 5.22. The summed E-state index contributed by atoms with van der Waals surface area (Å²) >= 11 is 1.34. The molecule has 2 aromatic rings. The van der Waals surface area contributed by atoms with Gasteiger partial charge in [0.25, 0.3) is 0 Å². The number of morpholine rings is 1. The molecule has 158 valence electrons. The molecular weight excluding hydrogens is 407 g/mol. The molecule has 1 fully saturated rings. The van der Waals surface area contributed by atoms with Crippen molar-refractivity contribution in [2.24, 2.45) is 0 Å². The topological polar surface area (TPSA) is 63.7 Å². The molecule has 2 atom stereocenters. The van der Waals surface area contributed by atoms with Gasteiger partial charge in [-0.1, -0.05) is 12.1 Å². The summed E-state index contributed by atoms with van der Waals surface area (Å²) in [5.41, 5.74) is 1.45. The van der Waals surface area contributed by atoms with Crippen LogP contribution in [0.15, 0.2) is 29.6 Å². The first kappa shape index (κ1) is 21.5. The third-order valence-electron chi connectivity index (χ3n) is 4.20. The Labute approximate surface area is 170 Å². The fourth-order valence-corrected chi connectivity index (χ4v) is 3.96. The lowest BCUT2D eigenvalue weighted by Crippen LogP contribution is -2.44. The van der Waals surface area contributed by atoms with Gasteiger partial charge in [0.1, 0.15) is 5.75 Å². The van der Waals surface area contributed by atoms with Crippen LogP contribution in [0.25, 0.3) is 0 Å². The first-order chi connectivity index (χ1) is 13.7. The highest BCUT2D eigenvalue weighted by Crippen LogP contribution is 2.23. The third kappa shape index (κ3) is 6.98. The number of hydrogen-bond donors (Lipinski definition) is 1. The van der Waals surface area contributed by atoms with Gasteiger partial charge in [-0.05, 0) is 31.5 Å². The lowest BCUT2D eigenvalue weighted by Gasteiger charge is -2.34. The molecule has 10 heteroatoms. The number of halogens is 3. The van der Waals surface area contributed by atoms with Crippen LogP contribution < -0.4 is 10.1 Å². The van der Waals surface area contributed by atoms with Crippen molar-refractivity contribution in [2.75, 3.05) is 18.4 Å². The third-order valence-corrected chi connectivity index (χ3v) is 5.01. The summed E-state index contributed by atoms with van der Waals surface area (Å²) in [6.45, 7) is 6.43. The summed E-state index contributed by atoms with van der Waals surface area (Å²) in [5.74, 6) is -0.609. The monoisotopic (exact) mass is 429 g/mol. The highest BCUT2D eigenvalue weighted by Gasteiger charge is 2.31. The van der Waals surface area contributed by atoms with Crippen LogP contribution in [-0.2, 0) is 22.5 Å². The highest BCUT2D eigenvalue weighted by molar-refractivity contribution is 7.13. The number of aromatic nitrogens is 1. The molecule has 0 aliphatic carbocycles. The van der Waals surface area contributed by atoms with Crippen molar-refractivity contribution in [2.45, 2.75) is 45.4 Å². The summed E-state index contributed by atoms with van der Waals surface area (Å²) in [6.07, 6.45) is -4.37. The molecule has 1 aromatic heterocycles. The number of ether oxygens (including phenoxy) is 2. The van der Waals surface area contributed by atoms with Crippen molar-refractivity contribution >= 4 is 22.4 Å². The van der Waals surface area contributed by atoms with Gasteiger partial charge in [0, 0.05) is 25.0 Å². The number of nitrogens with zero attached hydrogens (tertiary/aromatic N) is 2. The van der Waals surface area contributed by atoms with Crippen LogP contribution in [0.4, 0.5) is 18.3 Å².